The van der Waals surface area contributed by atoms with Gasteiger partial charge in [0.05, 0.1) is 18.0 Å². The summed E-state index contributed by atoms with van der Waals surface area (Å²) < 4.78 is 5.68. The van der Waals surface area contributed by atoms with Gasteiger partial charge < -0.3 is 15.4 Å². The number of hydrogen-bond acceptors (Lipinski definition) is 4. The Balaban J connectivity index is 2.03. The minimum Gasteiger partial charge on any atom is -0.491 e. The minimum atomic E-state index is 0.701. The second-order valence-electron chi connectivity index (χ2n) is 4.79. The highest BCUT2D eigenvalue weighted by atomic mass is 32.1. The lowest BCUT2D eigenvalue weighted by atomic mass is 10.2. The Morgan fingerprint density at radius 2 is 2.10 bits per heavy atom. The Kier molecular flexibility index (Phi) is 5.30. The van der Waals surface area contributed by atoms with Crippen LogP contribution in [0.25, 0.3) is 0 Å². The Bertz CT molecular complexity index is 525. The van der Waals surface area contributed by atoms with Gasteiger partial charge in [0.1, 0.15) is 5.75 Å². The summed E-state index contributed by atoms with van der Waals surface area (Å²) >= 11 is 1.80. The van der Waals surface area contributed by atoms with Gasteiger partial charge in [-0.2, -0.15) is 0 Å². The zero-order valence-electron chi connectivity index (χ0n) is 12.1. The van der Waals surface area contributed by atoms with Crippen molar-refractivity contribution in [2.24, 2.45) is 0 Å². The number of thiophene rings is 1. The maximum absolute atomic E-state index is 6.21. The molecule has 0 saturated heterocycles. The van der Waals surface area contributed by atoms with Gasteiger partial charge in [-0.05, 0) is 36.4 Å². The standard InChI is InChI=1S/C16H22N2OS/c1-3-11-19-15-8-4-7-14(16(15)17)18(2)10-9-13-6-5-12-20-13/h4-8,12H,3,9-11,17H2,1-2H3. The molecule has 0 spiro atoms. The molecule has 2 rings (SSSR count). The highest BCUT2D eigenvalue weighted by Crippen LogP contribution is 2.31. The van der Waals surface area contributed by atoms with Crippen LogP contribution in [-0.2, 0) is 6.42 Å². The predicted molar refractivity (Wildman–Crippen MR) is 87.9 cm³/mol. The van der Waals surface area contributed by atoms with Crippen LogP contribution in [0.2, 0.25) is 0 Å². The van der Waals surface area contributed by atoms with E-state index in [1.807, 2.05) is 18.2 Å². The fourth-order valence-electron chi connectivity index (χ4n) is 2.06. The van der Waals surface area contributed by atoms with E-state index in [4.69, 9.17) is 10.5 Å². The van der Waals surface area contributed by atoms with Crippen molar-refractivity contribution in [3.8, 4) is 5.75 Å². The maximum atomic E-state index is 6.21. The minimum absolute atomic E-state index is 0.701. The molecule has 2 aromatic rings. The molecule has 0 bridgehead atoms. The number of likely N-dealkylation sites (N-methyl/N-ethyl adjacent to an activating group) is 1. The van der Waals surface area contributed by atoms with Gasteiger partial charge in [-0.1, -0.05) is 19.1 Å². The average molecular weight is 290 g/mol. The van der Waals surface area contributed by atoms with Crippen molar-refractivity contribution in [1.82, 2.24) is 0 Å². The lowest BCUT2D eigenvalue weighted by molar-refractivity contribution is 0.319. The fourth-order valence-corrected chi connectivity index (χ4v) is 2.75. The van der Waals surface area contributed by atoms with Crippen LogP contribution in [0, 0.1) is 0 Å². The molecule has 0 aliphatic rings. The molecule has 0 radical (unpaired) electrons. The summed E-state index contributed by atoms with van der Waals surface area (Å²) in [5.74, 6) is 0.785. The number of rotatable bonds is 7. The second-order valence-corrected chi connectivity index (χ2v) is 5.82. The van der Waals surface area contributed by atoms with Crippen LogP contribution in [0.5, 0.6) is 5.75 Å². The quantitative estimate of drug-likeness (QED) is 0.788. The first kappa shape index (κ1) is 14.7. The molecule has 4 heteroatoms. The monoisotopic (exact) mass is 290 g/mol. The maximum Gasteiger partial charge on any atom is 0.144 e. The molecule has 0 fully saturated rings. The first-order valence-corrected chi connectivity index (χ1v) is 7.85. The van der Waals surface area contributed by atoms with E-state index in [0.717, 1.165) is 36.5 Å². The summed E-state index contributed by atoms with van der Waals surface area (Å²) in [7, 11) is 2.07. The van der Waals surface area contributed by atoms with Gasteiger partial charge in [0.2, 0.25) is 0 Å². The van der Waals surface area contributed by atoms with E-state index in [-0.39, 0.29) is 0 Å². The highest BCUT2D eigenvalue weighted by molar-refractivity contribution is 7.09. The number of anilines is 2. The van der Waals surface area contributed by atoms with Gasteiger partial charge in [0.25, 0.3) is 0 Å². The summed E-state index contributed by atoms with van der Waals surface area (Å²) in [6.45, 7) is 3.74. The van der Waals surface area contributed by atoms with Crippen LogP contribution in [0.1, 0.15) is 18.2 Å². The van der Waals surface area contributed by atoms with E-state index in [1.54, 1.807) is 11.3 Å². The van der Waals surface area contributed by atoms with Gasteiger partial charge in [0.15, 0.2) is 0 Å². The Hall–Kier alpha value is -1.68. The molecule has 3 nitrogen and oxygen atoms in total. The molecular formula is C16H22N2OS. The van der Waals surface area contributed by atoms with Crippen LogP contribution in [0.15, 0.2) is 35.7 Å². The van der Waals surface area contributed by atoms with Crippen molar-refractivity contribution < 1.29 is 4.74 Å². The van der Waals surface area contributed by atoms with Crippen molar-refractivity contribution >= 4 is 22.7 Å². The molecule has 20 heavy (non-hydrogen) atoms. The number of nitrogens with zero attached hydrogens (tertiary/aromatic N) is 1. The van der Waals surface area contributed by atoms with Crippen molar-refractivity contribution in [2.75, 3.05) is 30.8 Å². The molecule has 0 saturated carbocycles. The zero-order valence-corrected chi connectivity index (χ0v) is 13.0. The zero-order chi connectivity index (χ0) is 14.4. The summed E-state index contributed by atoms with van der Waals surface area (Å²) in [4.78, 5) is 3.59. The molecule has 0 amide bonds. The number of nitrogen functional groups attached to an aromatic ring is 1. The second kappa shape index (κ2) is 7.20. The van der Waals surface area contributed by atoms with Crippen molar-refractivity contribution in [1.29, 1.82) is 0 Å². The third kappa shape index (κ3) is 3.67. The van der Waals surface area contributed by atoms with E-state index in [0.29, 0.717) is 6.61 Å². The number of para-hydroxylation sites is 1. The van der Waals surface area contributed by atoms with Crippen molar-refractivity contribution in [2.45, 2.75) is 19.8 Å². The van der Waals surface area contributed by atoms with Gasteiger partial charge in [-0.3, -0.25) is 0 Å². The molecule has 1 heterocycles. The first-order valence-electron chi connectivity index (χ1n) is 6.97. The summed E-state index contributed by atoms with van der Waals surface area (Å²) in [5.41, 5.74) is 7.98. The third-order valence-corrected chi connectivity index (χ3v) is 4.13. The van der Waals surface area contributed by atoms with E-state index < -0.39 is 0 Å². The van der Waals surface area contributed by atoms with E-state index >= 15 is 0 Å². The van der Waals surface area contributed by atoms with E-state index in [1.165, 1.54) is 4.88 Å². The molecule has 0 unspecified atom stereocenters. The number of ether oxygens (including phenoxy) is 1. The summed E-state index contributed by atoms with van der Waals surface area (Å²) in [6, 6.07) is 10.2. The molecule has 0 aliphatic carbocycles. The topological polar surface area (TPSA) is 38.5 Å². The smallest absolute Gasteiger partial charge is 0.144 e. The highest BCUT2D eigenvalue weighted by Gasteiger charge is 2.10. The predicted octanol–water partition coefficient (Wildman–Crippen LogP) is 3.80. The number of hydrogen-bond donors (Lipinski definition) is 1. The van der Waals surface area contributed by atoms with Crippen LogP contribution < -0.4 is 15.4 Å². The average Bonchev–Trinajstić information content (AvgIpc) is 2.97. The molecule has 1 aromatic carbocycles. The fraction of sp³-hybridized carbons (Fsp3) is 0.375. The van der Waals surface area contributed by atoms with Gasteiger partial charge in [-0.25, -0.2) is 0 Å². The molecule has 0 atom stereocenters. The molecule has 108 valence electrons. The normalized spacial score (nSPS) is 10.5. The SMILES string of the molecule is CCCOc1cccc(N(C)CCc2cccs2)c1N. The Morgan fingerprint density at radius 3 is 2.80 bits per heavy atom. The lowest BCUT2D eigenvalue weighted by Crippen LogP contribution is -2.21. The van der Waals surface area contributed by atoms with Crippen LogP contribution in [-0.4, -0.2) is 20.2 Å². The van der Waals surface area contributed by atoms with Crippen molar-refractivity contribution in [3.63, 3.8) is 0 Å². The van der Waals surface area contributed by atoms with E-state index in [9.17, 15) is 0 Å². The number of nitrogens with two attached hydrogens (primary N) is 1. The largest absolute Gasteiger partial charge is 0.491 e. The van der Waals surface area contributed by atoms with Crippen LogP contribution in [0.3, 0.4) is 0 Å². The van der Waals surface area contributed by atoms with Gasteiger partial charge >= 0.3 is 0 Å². The molecule has 2 N–H and O–H groups in total. The summed E-state index contributed by atoms with van der Waals surface area (Å²) in [5, 5.41) is 2.11. The van der Waals surface area contributed by atoms with Gasteiger partial charge in [-0.15, -0.1) is 11.3 Å². The lowest BCUT2D eigenvalue weighted by Gasteiger charge is -2.22. The van der Waals surface area contributed by atoms with Crippen LogP contribution in [0.4, 0.5) is 11.4 Å². The first-order chi connectivity index (χ1) is 9.72. The van der Waals surface area contributed by atoms with Crippen LogP contribution >= 0.6 is 11.3 Å². The van der Waals surface area contributed by atoms with Crippen molar-refractivity contribution in [3.05, 3.63) is 40.6 Å². The Labute approximate surface area is 125 Å². The third-order valence-electron chi connectivity index (χ3n) is 3.19. The summed E-state index contributed by atoms with van der Waals surface area (Å²) in [6.07, 6.45) is 2.02. The molecular weight excluding hydrogens is 268 g/mol. The molecule has 0 aliphatic heterocycles. The number of benzene rings is 1. The van der Waals surface area contributed by atoms with E-state index in [2.05, 4.69) is 36.4 Å². The van der Waals surface area contributed by atoms with Gasteiger partial charge in [0, 0.05) is 18.5 Å². The Morgan fingerprint density at radius 1 is 1.25 bits per heavy atom. The molecule has 1 aromatic heterocycles.